The summed E-state index contributed by atoms with van der Waals surface area (Å²) in [6.45, 7) is 0. The van der Waals surface area contributed by atoms with Gasteiger partial charge in [-0.05, 0) is 24.3 Å². The van der Waals surface area contributed by atoms with E-state index in [0.717, 1.165) is 0 Å². The number of benzene rings is 1. The van der Waals surface area contributed by atoms with E-state index in [1.54, 1.807) is 29.0 Å². The molecule has 5 nitrogen and oxygen atoms in total. The summed E-state index contributed by atoms with van der Waals surface area (Å²) in [5, 5.41) is 13.2. The summed E-state index contributed by atoms with van der Waals surface area (Å²) < 4.78 is 20.2. The minimum Gasteiger partial charge on any atom is -0.462 e. The number of nitrogens with zero attached hydrogens (tertiary/aromatic N) is 4. The van der Waals surface area contributed by atoms with Crippen molar-refractivity contribution in [2.24, 2.45) is 0 Å². The van der Waals surface area contributed by atoms with Crippen LogP contribution in [0.2, 0.25) is 0 Å². The van der Waals surface area contributed by atoms with Crippen LogP contribution in [0.15, 0.2) is 47.1 Å². The molecule has 3 aromatic heterocycles. The van der Waals surface area contributed by atoms with Crippen LogP contribution in [-0.4, -0.2) is 19.8 Å². The maximum Gasteiger partial charge on any atom is 0.235 e. The Kier molecular flexibility index (Phi) is 2.40. The van der Waals surface area contributed by atoms with Gasteiger partial charge in [-0.2, -0.15) is 4.52 Å². The van der Waals surface area contributed by atoms with Crippen LogP contribution in [0.4, 0.5) is 4.39 Å². The third-order valence-electron chi connectivity index (χ3n) is 2.81. The molecule has 0 atom stereocenters. The van der Waals surface area contributed by atoms with E-state index in [1.165, 1.54) is 23.5 Å². The lowest BCUT2D eigenvalue weighted by atomic mass is 10.2. The van der Waals surface area contributed by atoms with Crippen molar-refractivity contribution in [2.45, 2.75) is 0 Å². The first-order valence-corrected chi connectivity index (χ1v) is 6.65. The average Bonchev–Trinajstić information content (AvgIpc) is 3.14. The van der Waals surface area contributed by atoms with Crippen molar-refractivity contribution in [3.63, 3.8) is 0 Å². The van der Waals surface area contributed by atoms with E-state index in [2.05, 4.69) is 15.3 Å². The molecule has 0 aliphatic rings. The number of aromatic nitrogens is 4. The molecule has 0 saturated carbocycles. The van der Waals surface area contributed by atoms with Gasteiger partial charge in [-0.1, -0.05) is 23.5 Å². The third kappa shape index (κ3) is 1.71. The molecule has 7 heteroatoms. The maximum atomic E-state index is 13.3. The van der Waals surface area contributed by atoms with Crippen molar-refractivity contribution in [3.05, 3.63) is 48.5 Å². The fourth-order valence-corrected chi connectivity index (χ4v) is 2.73. The molecule has 0 unspecified atom stereocenters. The zero-order valence-corrected chi connectivity index (χ0v) is 10.8. The molecule has 98 valence electrons. The summed E-state index contributed by atoms with van der Waals surface area (Å²) in [4.78, 5) is 0.635. The van der Waals surface area contributed by atoms with Gasteiger partial charge in [0, 0.05) is 5.56 Å². The number of rotatable bonds is 2. The van der Waals surface area contributed by atoms with E-state index in [0.29, 0.717) is 27.1 Å². The summed E-state index contributed by atoms with van der Waals surface area (Å²) in [6, 6.07) is 9.81. The largest absolute Gasteiger partial charge is 0.462 e. The van der Waals surface area contributed by atoms with Crippen molar-refractivity contribution >= 4 is 16.3 Å². The van der Waals surface area contributed by atoms with Crippen LogP contribution in [0, 0.1) is 5.82 Å². The molecule has 0 aliphatic carbocycles. The first-order valence-electron chi connectivity index (χ1n) is 5.83. The molecular formula is C13H7FN4OS. The molecule has 0 amide bonds. The molecule has 0 saturated heterocycles. The van der Waals surface area contributed by atoms with Gasteiger partial charge >= 0.3 is 0 Å². The van der Waals surface area contributed by atoms with Gasteiger partial charge in [0.05, 0.1) is 6.26 Å². The van der Waals surface area contributed by atoms with Crippen LogP contribution in [0.5, 0.6) is 0 Å². The van der Waals surface area contributed by atoms with Gasteiger partial charge in [-0.3, -0.25) is 0 Å². The van der Waals surface area contributed by atoms with Crippen molar-refractivity contribution in [2.75, 3.05) is 0 Å². The van der Waals surface area contributed by atoms with E-state index in [4.69, 9.17) is 4.42 Å². The normalized spacial score (nSPS) is 11.2. The number of halogens is 1. The third-order valence-corrected chi connectivity index (χ3v) is 3.72. The van der Waals surface area contributed by atoms with Crippen LogP contribution in [0.3, 0.4) is 0 Å². The lowest BCUT2D eigenvalue weighted by Crippen LogP contribution is -1.91. The summed E-state index contributed by atoms with van der Waals surface area (Å²) >= 11 is 1.37. The molecule has 0 fully saturated rings. The number of furan rings is 1. The van der Waals surface area contributed by atoms with Crippen LogP contribution < -0.4 is 0 Å². The standard InChI is InChI=1S/C13H7FN4OS/c14-9-4-1-3-8(7-9)11-15-16-13-18(11)17-12(20-13)10-5-2-6-19-10/h1-7H. The minimum absolute atomic E-state index is 0.319. The smallest absolute Gasteiger partial charge is 0.235 e. The lowest BCUT2D eigenvalue weighted by molar-refractivity contribution is 0.580. The van der Waals surface area contributed by atoms with Gasteiger partial charge in [0.2, 0.25) is 4.96 Å². The van der Waals surface area contributed by atoms with Crippen LogP contribution in [0.25, 0.3) is 27.1 Å². The van der Waals surface area contributed by atoms with E-state index in [9.17, 15) is 4.39 Å². The average molecular weight is 286 g/mol. The van der Waals surface area contributed by atoms with Crippen molar-refractivity contribution < 1.29 is 8.81 Å². The van der Waals surface area contributed by atoms with Gasteiger partial charge in [0.25, 0.3) is 0 Å². The van der Waals surface area contributed by atoms with Crippen LogP contribution in [0.1, 0.15) is 0 Å². The molecule has 3 heterocycles. The van der Waals surface area contributed by atoms with Gasteiger partial charge in [0.1, 0.15) is 5.82 Å². The Morgan fingerprint density at radius 2 is 2.10 bits per heavy atom. The molecule has 0 N–H and O–H groups in total. The van der Waals surface area contributed by atoms with Gasteiger partial charge in [-0.15, -0.1) is 15.3 Å². The van der Waals surface area contributed by atoms with Gasteiger partial charge in [-0.25, -0.2) is 4.39 Å². The zero-order valence-electron chi connectivity index (χ0n) is 10.0. The predicted octanol–water partition coefficient (Wildman–Crippen LogP) is 3.25. The highest BCUT2D eigenvalue weighted by Crippen LogP contribution is 2.28. The van der Waals surface area contributed by atoms with Crippen molar-refractivity contribution in [3.8, 4) is 22.2 Å². The molecule has 0 spiro atoms. The first-order chi connectivity index (χ1) is 9.81. The quantitative estimate of drug-likeness (QED) is 0.567. The van der Waals surface area contributed by atoms with E-state index < -0.39 is 0 Å². The Labute approximate surface area is 116 Å². The first kappa shape index (κ1) is 11.3. The van der Waals surface area contributed by atoms with Crippen LogP contribution in [-0.2, 0) is 0 Å². The van der Waals surface area contributed by atoms with Gasteiger partial charge in [0.15, 0.2) is 16.6 Å². The van der Waals surface area contributed by atoms with Gasteiger partial charge < -0.3 is 4.42 Å². The number of fused-ring (bicyclic) bond motifs is 1. The molecule has 0 bridgehead atoms. The molecule has 0 radical (unpaired) electrons. The molecule has 4 rings (SSSR count). The predicted molar refractivity (Wildman–Crippen MR) is 71.8 cm³/mol. The SMILES string of the molecule is Fc1cccc(-c2nnc3sc(-c4ccco4)nn23)c1. The van der Waals surface area contributed by atoms with E-state index >= 15 is 0 Å². The fraction of sp³-hybridized carbons (Fsp3) is 0. The Bertz CT molecular complexity index is 881. The minimum atomic E-state index is -0.319. The fourth-order valence-electron chi connectivity index (χ4n) is 1.92. The Morgan fingerprint density at radius 1 is 1.15 bits per heavy atom. The highest BCUT2D eigenvalue weighted by Gasteiger charge is 2.15. The molecule has 0 aliphatic heterocycles. The molecule has 4 aromatic rings. The number of hydrogen-bond acceptors (Lipinski definition) is 5. The zero-order chi connectivity index (χ0) is 13.5. The second-order valence-corrected chi connectivity index (χ2v) is 5.07. The Hall–Kier alpha value is -2.54. The maximum absolute atomic E-state index is 13.3. The number of hydrogen-bond donors (Lipinski definition) is 0. The van der Waals surface area contributed by atoms with E-state index in [1.807, 2.05) is 6.07 Å². The summed E-state index contributed by atoms with van der Waals surface area (Å²) in [5.74, 6) is 0.861. The van der Waals surface area contributed by atoms with E-state index in [-0.39, 0.29) is 5.82 Å². The second-order valence-electron chi connectivity index (χ2n) is 4.11. The summed E-state index contributed by atoms with van der Waals surface area (Å²) in [5.41, 5.74) is 0.633. The topological polar surface area (TPSA) is 56.2 Å². The van der Waals surface area contributed by atoms with Crippen molar-refractivity contribution in [1.29, 1.82) is 0 Å². The Balaban J connectivity index is 1.89. The summed E-state index contributed by atoms with van der Waals surface area (Å²) in [7, 11) is 0. The molecule has 1 aromatic carbocycles. The van der Waals surface area contributed by atoms with Crippen molar-refractivity contribution in [1.82, 2.24) is 19.8 Å². The molecule has 20 heavy (non-hydrogen) atoms. The highest BCUT2D eigenvalue weighted by molar-refractivity contribution is 7.19. The van der Waals surface area contributed by atoms with Crippen LogP contribution >= 0.6 is 11.3 Å². The highest BCUT2D eigenvalue weighted by atomic mass is 32.1. The lowest BCUT2D eigenvalue weighted by Gasteiger charge is -1.96. The monoisotopic (exact) mass is 286 g/mol. The molecular weight excluding hydrogens is 279 g/mol. The second kappa shape index (κ2) is 4.24. The Morgan fingerprint density at radius 3 is 2.90 bits per heavy atom. The summed E-state index contributed by atoms with van der Waals surface area (Å²) in [6.07, 6.45) is 1.59.